The summed E-state index contributed by atoms with van der Waals surface area (Å²) in [6.45, 7) is 3.94. The number of hydrogen-bond donors (Lipinski definition) is 2. The molecule has 164 valence electrons. The first-order valence-electron chi connectivity index (χ1n) is 9.85. The third-order valence-corrected chi connectivity index (χ3v) is 6.52. The lowest BCUT2D eigenvalue weighted by atomic mass is 10.1. The molecule has 0 aliphatic rings. The summed E-state index contributed by atoms with van der Waals surface area (Å²) in [5.41, 5.74) is 2.32. The molecule has 0 radical (unpaired) electrons. The molecule has 1 atom stereocenters. The fourth-order valence-electron chi connectivity index (χ4n) is 3.17. The zero-order valence-electron chi connectivity index (χ0n) is 18.0. The molecule has 0 aliphatic carbocycles. The zero-order chi connectivity index (χ0) is 22.6. The molecular formula is C23H27N3O4S. The first kappa shape index (κ1) is 22.6. The Hall–Kier alpha value is -3.10. The highest BCUT2D eigenvalue weighted by atomic mass is 32.2. The van der Waals surface area contributed by atoms with E-state index in [1.54, 1.807) is 43.5 Å². The topological polar surface area (TPSA) is 91.6 Å². The average molecular weight is 442 g/mol. The molecule has 1 aromatic heterocycles. The van der Waals surface area contributed by atoms with Gasteiger partial charge in [0, 0.05) is 17.8 Å². The molecule has 8 heteroatoms. The lowest BCUT2D eigenvalue weighted by molar-refractivity contribution is 0.0939. The van der Waals surface area contributed by atoms with E-state index in [0.29, 0.717) is 17.8 Å². The smallest absolute Gasteiger partial charge is 0.262 e. The predicted octanol–water partition coefficient (Wildman–Crippen LogP) is 3.73. The maximum Gasteiger partial charge on any atom is 0.262 e. The number of likely N-dealkylation sites (N-methyl/N-ethyl adjacent to an activating group) is 1. The summed E-state index contributed by atoms with van der Waals surface area (Å²) in [5.74, 6) is 0.380. The molecule has 2 aromatic carbocycles. The maximum absolute atomic E-state index is 12.9. The standard InChI is InChI=1S/C23H27N3O4S/c1-16-7-11-19(12-8-16)25-31(28,29)22-14-18(10-9-17(22)2)23(27)24-15-20(26(3)4)21-6-5-13-30-21/h5-14,20,25H,15H2,1-4H3,(H,24,27). The van der Waals surface area contributed by atoms with Crippen LogP contribution >= 0.6 is 0 Å². The van der Waals surface area contributed by atoms with Crippen LogP contribution in [-0.4, -0.2) is 39.9 Å². The van der Waals surface area contributed by atoms with Crippen molar-refractivity contribution in [1.82, 2.24) is 10.2 Å². The zero-order valence-corrected chi connectivity index (χ0v) is 18.9. The van der Waals surface area contributed by atoms with Gasteiger partial charge in [0.15, 0.2) is 0 Å². The highest BCUT2D eigenvalue weighted by molar-refractivity contribution is 7.92. The first-order valence-corrected chi connectivity index (χ1v) is 11.3. The van der Waals surface area contributed by atoms with Crippen LogP contribution in [0.1, 0.15) is 33.3 Å². The molecule has 0 saturated carbocycles. The SMILES string of the molecule is Cc1ccc(NS(=O)(=O)c2cc(C(=O)NCC(c3ccco3)N(C)C)ccc2C)cc1. The van der Waals surface area contributed by atoms with Gasteiger partial charge in [-0.05, 0) is 69.9 Å². The largest absolute Gasteiger partial charge is 0.468 e. The summed E-state index contributed by atoms with van der Waals surface area (Å²) in [6, 6.07) is 15.2. The maximum atomic E-state index is 12.9. The number of furan rings is 1. The molecule has 7 nitrogen and oxygen atoms in total. The molecule has 0 aliphatic heterocycles. The van der Waals surface area contributed by atoms with Gasteiger partial charge in [0.1, 0.15) is 5.76 Å². The Kier molecular flexibility index (Phi) is 6.82. The van der Waals surface area contributed by atoms with E-state index in [-0.39, 0.29) is 22.4 Å². The van der Waals surface area contributed by atoms with Crippen LogP contribution < -0.4 is 10.0 Å². The minimum absolute atomic E-state index is 0.0657. The van der Waals surface area contributed by atoms with Gasteiger partial charge in [0.25, 0.3) is 15.9 Å². The van der Waals surface area contributed by atoms with Crippen LogP contribution in [0.15, 0.2) is 70.2 Å². The highest BCUT2D eigenvalue weighted by Crippen LogP contribution is 2.22. The molecule has 0 fully saturated rings. The quantitative estimate of drug-likeness (QED) is 0.556. The highest BCUT2D eigenvalue weighted by Gasteiger charge is 2.21. The Morgan fingerprint density at radius 1 is 1.06 bits per heavy atom. The number of amides is 1. The van der Waals surface area contributed by atoms with Crippen molar-refractivity contribution in [2.24, 2.45) is 0 Å². The van der Waals surface area contributed by atoms with Crippen LogP contribution in [0.2, 0.25) is 0 Å². The molecule has 2 N–H and O–H groups in total. The van der Waals surface area contributed by atoms with Crippen LogP contribution in [0.3, 0.4) is 0 Å². The van der Waals surface area contributed by atoms with Gasteiger partial charge < -0.3 is 9.73 Å². The second-order valence-electron chi connectivity index (χ2n) is 7.66. The van der Waals surface area contributed by atoms with Crippen molar-refractivity contribution >= 4 is 21.6 Å². The second kappa shape index (κ2) is 9.36. The van der Waals surface area contributed by atoms with E-state index in [1.165, 1.54) is 6.07 Å². The van der Waals surface area contributed by atoms with Gasteiger partial charge >= 0.3 is 0 Å². The molecule has 3 aromatic rings. The molecule has 0 saturated heterocycles. The number of sulfonamides is 1. The third-order valence-electron chi connectivity index (χ3n) is 4.99. The van der Waals surface area contributed by atoms with E-state index in [4.69, 9.17) is 4.42 Å². The summed E-state index contributed by atoms with van der Waals surface area (Å²) >= 11 is 0. The fraction of sp³-hybridized carbons (Fsp3) is 0.261. The van der Waals surface area contributed by atoms with Crippen molar-refractivity contribution in [3.63, 3.8) is 0 Å². The number of nitrogens with one attached hydrogen (secondary N) is 2. The van der Waals surface area contributed by atoms with Gasteiger partial charge in [0.05, 0.1) is 17.2 Å². The number of anilines is 1. The number of rotatable bonds is 8. The molecule has 1 heterocycles. The molecule has 31 heavy (non-hydrogen) atoms. The number of hydrogen-bond acceptors (Lipinski definition) is 5. The molecular weight excluding hydrogens is 414 g/mol. The number of aryl methyl sites for hydroxylation is 2. The minimum atomic E-state index is -3.85. The first-order chi connectivity index (χ1) is 14.7. The van der Waals surface area contributed by atoms with Crippen molar-refractivity contribution in [1.29, 1.82) is 0 Å². The number of benzene rings is 2. The van der Waals surface area contributed by atoms with Gasteiger partial charge in [-0.2, -0.15) is 0 Å². The lowest BCUT2D eigenvalue weighted by Crippen LogP contribution is -2.34. The molecule has 3 rings (SSSR count). The van der Waals surface area contributed by atoms with Crippen molar-refractivity contribution in [2.75, 3.05) is 25.4 Å². The molecule has 1 amide bonds. The molecule has 0 spiro atoms. The Balaban J connectivity index is 1.78. The van der Waals surface area contributed by atoms with Crippen molar-refractivity contribution in [3.05, 3.63) is 83.3 Å². The van der Waals surface area contributed by atoms with Gasteiger partial charge in [-0.1, -0.05) is 23.8 Å². The van der Waals surface area contributed by atoms with Gasteiger partial charge in [-0.3, -0.25) is 14.4 Å². The fourth-order valence-corrected chi connectivity index (χ4v) is 4.50. The van der Waals surface area contributed by atoms with E-state index < -0.39 is 10.0 Å². The number of nitrogens with zero attached hydrogens (tertiary/aromatic N) is 1. The van der Waals surface area contributed by atoms with Crippen LogP contribution in [-0.2, 0) is 10.0 Å². The summed E-state index contributed by atoms with van der Waals surface area (Å²) in [4.78, 5) is 14.8. The monoisotopic (exact) mass is 441 g/mol. The van der Waals surface area contributed by atoms with Gasteiger partial charge in [-0.15, -0.1) is 0 Å². The van der Waals surface area contributed by atoms with Crippen LogP contribution in [0.4, 0.5) is 5.69 Å². The van der Waals surface area contributed by atoms with E-state index >= 15 is 0 Å². The van der Waals surface area contributed by atoms with E-state index in [9.17, 15) is 13.2 Å². The van der Waals surface area contributed by atoms with Crippen molar-refractivity contribution < 1.29 is 17.6 Å². The van der Waals surface area contributed by atoms with Crippen LogP contribution in [0.25, 0.3) is 0 Å². The van der Waals surface area contributed by atoms with E-state index in [2.05, 4.69) is 10.0 Å². The minimum Gasteiger partial charge on any atom is -0.468 e. The van der Waals surface area contributed by atoms with E-state index in [1.807, 2.05) is 44.1 Å². The molecule has 1 unspecified atom stereocenters. The Bertz CT molecular complexity index is 1140. The average Bonchev–Trinajstić information content (AvgIpc) is 3.24. The summed E-state index contributed by atoms with van der Waals surface area (Å²) in [5, 5.41) is 2.87. The predicted molar refractivity (Wildman–Crippen MR) is 121 cm³/mol. The Labute approximate surface area is 183 Å². The van der Waals surface area contributed by atoms with Crippen LogP contribution in [0.5, 0.6) is 0 Å². The van der Waals surface area contributed by atoms with Gasteiger partial charge in [-0.25, -0.2) is 8.42 Å². The molecule has 0 bridgehead atoms. The normalized spacial score (nSPS) is 12.5. The summed E-state index contributed by atoms with van der Waals surface area (Å²) in [7, 11) is -0.0553. The van der Waals surface area contributed by atoms with E-state index in [0.717, 1.165) is 11.3 Å². The summed E-state index contributed by atoms with van der Waals surface area (Å²) in [6.07, 6.45) is 1.59. The second-order valence-corrected chi connectivity index (χ2v) is 9.31. The van der Waals surface area contributed by atoms with Gasteiger partial charge in [0.2, 0.25) is 0 Å². The van der Waals surface area contributed by atoms with Crippen LogP contribution in [0, 0.1) is 13.8 Å². The Morgan fingerprint density at radius 2 is 1.77 bits per heavy atom. The number of carbonyl (C=O) groups excluding carboxylic acids is 1. The lowest BCUT2D eigenvalue weighted by Gasteiger charge is -2.22. The number of carbonyl (C=O) groups is 1. The summed E-state index contributed by atoms with van der Waals surface area (Å²) < 4.78 is 33.9. The third kappa shape index (κ3) is 5.53. The van der Waals surface area contributed by atoms with Crippen molar-refractivity contribution in [2.45, 2.75) is 24.8 Å². The van der Waals surface area contributed by atoms with Crippen molar-refractivity contribution in [3.8, 4) is 0 Å². The Morgan fingerprint density at radius 3 is 2.39 bits per heavy atom.